The lowest BCUT2D eigenvalue weighted by molar-refractivity contribution is -0.140. The minimum Gasteiger partial charge on any atom is -0.503 e. The molecule has 36 heavy (non-hydrogen) atoms. The maximum absolute atomic E-state index is 14.7. The predicted octanol–water partition coefficient (Wildman–Crippen LogP) is 5.63. The Morgan fingerprint density at radius 2 is 1.83 bits per heavy atom. The Labute approximate surface area is 203 Å². The molecule has 0 amide bonds. The number of alkyl halides is 3. The van der Waals surface area contributed by atoms with Gasteiger partial charge in [0, 0.05) is 31.4 Å². The lowest BCUT2D eigenvalue weighted by atomic mass is 9.96. The van der Waals surface area contributed by atoms with Crippen molar-refractivity contribution >= 4 is 17.0 Å². The van der Waals surface area contributed by atoms with E-state index in [0.29, 0.717) is 12.0 Å². The third kappa shape index (κ3) is 4.22. The number of hydrogen-bond acceptors (Lipinski definition) is 5. The molecule has 1 unspecified atom stereocenters. The minimum absolute atomic E-state index is 0.159. The molecule has 0 saturated carbocycles. The van der Waals surface area contributed by atoms with Crippen LogP contribution >= 0.6 is 0 Å². The molecule has 1 aliphatic rings. The highest BCUT2D eigenvalue weighted by atomic mass is 19.4. The van der Waals surface area contributed by atoms with E-state index in [1.54, 1.807) is 0 Å². The number of piperidine rings is 1. The van der Waals surface area contributed by atoms with Gasteiger partial charge in [-0.25, -0.2) is 18.4 Å². The molecule has 6 nitrogen and oxygen atoms in total. The van der Waals surface area contributed by atoms with E-state index in [2.05, 4.69) is 32.1 Å². The lowest BCUT2D eigenvalue weighted by Gasteiger charge is -2.36. The Bertz CT molecular complexity index is 1420. The molecule has 1 atom stereocenters. The van der Waals surface area contributed by atoms with Crippen molar-refractivity contribution in [2.75, 3.05) is 11.4 Å². The van der Waals surface area contributed by atoms with E-state index in [9.17, 15) is 27.1 Å². The smallest absolute Gasteiger partial charge is 0.419 e. The van der Waals surface area contributed by atoms with Crippen LogP contribution in [0.25, 0.3) is 22.3 Å². The first-order chi connectivity index (χ1) is 17.1. The van der Waals surface area contributed by atoms with E-state index in [-0.39, 0.29) is 22.8 Å². The normalized spacial score (nSPS) is 16.6. The summed E-state index contributed by atoms with van der Waals surface area (Å²) in [5.41, 5.74) is -1.24. The zero-order valence-electron chi connectivity index (χ0n) is 19.2. The number of phenolic OH excluding ortho intramolecular Hbond substituents is 1. The second kappa shape index (κ2) is 9.03. The molecule has 1 saturated heterocycles. The molecule has 1 N–H and O–H groups in total. The Morgan fingerprint density at radius 3 is 2.56 bits per heavy atom. The van der Waals surface area contributed by atoms with Crippen LogP contribution in [0.4, 0.5) is 27.9 Å². The topological polar surface area (TPSA) is 67.1 Å². The number of fused-ring (bicyclic) bond motifs is 1. The van der Waals surface area contributed by atoms with Gasteiger partial charge in [0.05, 0.1) is 10.9 Å². The van der Waals surface area contributed by atoms with E-state index in [1.165, 1.54) is 23.5 Å². The molecule has 11 heteroatoms. The van der Waals surface area contributed by atoms with Crippen molar-refractivity contribution in [1.29, 1.82) is 0 Å². The average Bonchev–Trinajstić information content (AvgIpc) is 3.18. The Hall–Kier alpha value is -3.76. The molecule has 0 spiro atoms. The fraction of sp³-hybridized carbons (Fsp3) is 0.320. The number of halogens is 5. The first-order valence-corrected chi connectivity index (χ1v) is 11.4. The monoisotopic (exact) mass is 503 g/mol. The van der Waals surface area contributed by atoms with Gasteiger partial charge in [0.25, 0.3) is 0 Å². The van der Waals surface area contributed by atoms with Crippen LogP contribution in [-0.2, 0) is 19.6 Å². The van der Waals surface area contributed by atoms with Gasteiger partial charge in [-0.05, 0) is 37.3 Å². The molecule has 4 aromatic rings. The predicted molar refractivity (Wildman–Crippen MR) is 123 cm³/mol. The molecule has 0 radical (unpaired) electrons. The van der Waals surface area contributed by atoms with Crippen LogP contribution in [0, 0.1) is 11.6 Å². The van der Waals surface area contributed by atoms with Gasteiger partial charge in [-0.3, -0.25) is 0 Å². The molecule has 3 heterocycles. The first kappa shape index (κ1) is 24.0. The summed E-state index contributed by atoms with van der Waals surface area (Å²) in [6.07, 6.45) is 0.0263. The van der Waals surface area contributed by atoms with E-state index >= 15 is 0 Å². The van der Waals surface area contributed by atoms with Gasteiger partial charge in [0.15, 0.2) is 23.0 Å². The van der Waals surface area contributed by atoms with Crippen LogP contribution in [0.5, 0.6) is 5.75 Å². The van der Waals surface area contributed by atoms with Gasteiger partial charge in [-0.1, -0.05) is 30.3 Å². The fourth-order valence-electron chi connectivity index (χ4n) is 4.73. The number of benzene rings is 2. The highest BCUT2D eigenvalue weighted by molar-refractivity contribution is 5.91. The van der Waals surface area contributed by atoms with Crippen LogP contribution in [-0.4, -0.2) is 37.4 Å². The average molecular weight is 503 g/mol. The molecule has 1 fully saturated rings. The van der Waals surface area contributed by atoms with Gasteiger partial charge in [0.2, 0.25) is 5.95 Å². The molecule has 2 aromatic carbocycles. The van der Waals surface area contributed by atoms with Gasteiger partial charge >= 0.3 is 6.18 Å². The molecular weight excluding hydrogens is 481 g/mol. The van der Waals surface area contributed by atoms with Crippen molar-refractivity contribution in [3.8, 4) is 17.0 Å². The molecule has 2 aromatic heterocycles. The van der Waals surface area contributed by atoms with Crippen LogP contribution in [0.15, 0.2) is 42.6 Å². The summed E-state index contributed by atoms with van der Waals surface area (Å²) in [6.45, 7) is 0.739. The molecule has 5 rings (SSSR count). The quantitative estimate of drug-likeness (QED) is 0.366. The SMILES string of the molecule is Cn1nc(-c2cc(C(F)(F)F)c(F)c(O)c2F)c2cnc(N3CCCCC3Cc3ccccc3)nc21. The summed E-state index contributed by atoms with van der Waals surface area (Å²) < 4.78 is 69.9. The van der Waals surface area contributed by atoms with Crippen LogP contribution in [0.3, 0.4) is 0 Å². The number of anilines is 1. The maximum atomic E-state index is 14.7. The fourth-order valence-corrected chi connectivity index (χ4v) is 4.73. The number of hydrogen-bond donors (Lipinski definition) is 1. The van der Waals surface area contributed by atoms with Crippen LogP contribution < -0.4 is 4.90 Å². The van der Waals surface area contributed by atoms with E-state index < -0.39 is 34.7 Å². The third-order valence-corrected chi connectivity index (χ3v) is 6.50. The second-order valence-corrected chi connectivity index (χ2v) is 8.86. The molecule has 0 aliphatic carbocycles. The summed E-state index contributed by atoms with van der Waals surface area (Å²) >= 11 is 0. The van der Waals surface area contributed by atoms with E-state index in [0.717, 1.165) is 32.2 Å². The molecular formula is C25H22F5N5O. The van der Waals surface area contributed by atoms with Crippen molar-refractivity contribution in [3.63, 3.8) is 0 Å². The summed E-state index contributed by atoms with van der Waals surface area (Å²) in [5, 5.41) is 14.0. The molecule has 1 aliphatic heterocycles. The lowest BCUT2D eigenvalue weighted by Crippen LogP contribution is -2.42. The highest BCUT2D eigenvalue weighted by Crippen LogP contribution is 2.41. The number of rotatable bonds is 4. The number of aryl methyl sites for hydroxylation is 1. The number of phenols is 1. The van der Waals surface area contributed by atoms with Gasteiger partial charge in [0.1, 0.15) is 5.69 Å². The van der Waals surface area contributed by atoms with Crippen molar-refractivity contribution in [1.82, 2.24) is 19.7 Å². The first-order valence-electron chi connectivity index (χ1n) is 11.4. The standard InChI is InChI=1S/C25H22F5N5O/c1-34-23-17(21(33-34)16-12-18(25(28,29)30)20(27)22(36)19(16)26)13-31-24(32-23)35-10-6-5-9-15(35)11-14-7-3-2-4-8-14/h2-4,7-8,12-13,15,36H,5-6,9-11H2,1H3. The number of nitrogens with zero attached hydrogens (tertiary/aromatic N) is 5. The van der Waals surface area contributed by atoms with E-state index in [4.69, 9.17) is 0 Å². The summed E-state index contributed by atoms with van der Waals surface area (Å²) in [5.74, 6) is -4.88. The Kier molecular flexibility index (Phi) is 6.01. The molecule has 188 valence electrons. The minimum atomic E-state index is -5.14. The van der Waals surface area contributed by atoms with Gasteiger partial charge in [-0.2, -0.15) is 23.3 Å². The highest BCUT2D eigenvalue weighted by Gasteiger charge is 2.38. The van der Waals surface area contributed by atoms with Crippen molar-refractivity contribution in [2.24, 2.45) is 7.05 Å². The summed E-state index contributed by atoms with van der Waals surface area (Å²) in [6, 6.07) is 10.5. The maximum Gasteiger partial charge on any atom is 0.419 e. The van der Waals surface area contributed by atoms with Crippen molar-refractivity contribution < 1.29 is 27.1 Å². The Morgan fingerprint density at radius 1 is 1.08 bits per heavy atom. The molecule has 0 bridgehead atoms. The van der Waals surface area contributed by atoms with Crippen LogP contribution in [0.2, 0.25) is 0 Å². The summed E-state index contributed by atoms with van der Waals surface area (Å²) in [4.78, 5) is 11.2. The number of aromatic hydroxyl groups is 1. The van der Waals surface area contributed by atoms with Gasteiger partial charge < -0.3 is 10.0 Å². The van der Waals surface area contributed by atoms with Crippen molar-refractivity contribution in [2.45, 2.75) is 37.9 Å². The second-order valence-electron chi connectivity index (χ2n) is 8.86. The zero-order chi connectivity index (χ0) is 25.6. The third-order valence-electron chi connectivity index (χ3n) is 6.50. The van der Waals surface area contributed by atoms with Crippen LogP contribution in [0.1, 0.15) is 30.4 Å². The zero-order valence-corrected chi connectivity index (χ0v) is 19.2. The van der Waals surface area contributed by atoms with E-state index in [1.807, 2.05) is 18.2 Å². The van der Waals surface area contributed by atoms with Crippen molar-refractivity contribution in [3.05, 3.63) is 65.4 Å². The Balaban J connectivity index is 1.56. The largest absolute Gasteiger partial charge is 0.503 e. The van der Waals surface area contributed by atoms with Gasteiger partial charge in [-0.15, -0.1) is 0 Å². The number of aromatic nitrogens is 4. The summed E-state index contributed by atoms with van der Waals surface area (Å²) in [7, 11) is 1.52.